The lowest BCUT2D eigenvalue weighted by Gasteiger charge is -2.37. The van der Waals surface area contributed by atoms with Gasteiger partial charge in [0, 0.05) is 52.4 Å². The van der Waals surface area contributed by atoms with Crippen molar-refractivity contribution in [3.63, 3.8) is 0 Å². The second kappa shape index (κ2) is 6.15. The van der Waals surface area contributed by atoms with E-state index in [1.54, 1.807) is 10.7 Å². The minimum absolute atomic E-state index is 0.0970. The standard InChI is InChI=1S/C18H22FN5O/c1-22-5-6-24(16-4-3-13(19)7-17(16)22)18(25)15-10-20-9-14(15)12-8-21-23(2)11-12/h3-4,7-8,11,14-15,20H,5-6,9-10H2,1-2H3/t14-,15+/m1/s1. The summed E-state index contributed by atoms with van der Waals surface area (Å²) in [6.07, 6.45) is 3.82. The molecule has 1 aromatic carbocycles. The highest BCUT2D eigenvalue weighted by atomic mass is 19.1. The molecule has 25 heavy (non-hydrogen) atoms. The number of hydrogen-bond acceptors (Lipinski definition) is 4. The van der Waals surface area contributed by atoms with E-state index in [4.69, 9.17) is 0 Å². The second-order valence-electron chi connectivity index (χ2n) is 6.86. The molecule has 0 radical (unpaired) electrons. The molecule has 1 fully saturated rings. The van der Waals surface area contributed by atoms with Crippen molar-refractivity contribution in [3.05, 3.63) is 42.0 Å². The average molecular weight is 343 g/mol. The fourth-order valence-corrected chi connectivity index (χ4v) is 3.87. The number of amides is 1. The number of benzene rings is 1. The van der Waals surface area contributed by atoms with E-state index in [2.05, 4.69) is 10.4 Å². The molecule has 0 bridgehead atoms. The van der Waals surface area contributed by atoms with Gasteiger partial charge in [0.05, 0.1) is 23.5 Å². The number of anilines is 2. The topological polar surface area (TPSA) is 53.4 Å². The number of nitrogens with one attached hydrogen (secondary N) is 1. The molecular weight excluding hydrogens is 321 g/mol. The molecule has 0 spiro atoms. The number of fused-ring (bicyclic) bond motifs is 1. The maximum absolute atomic E-state index is 13.6. The highest BCUT2D eigenvalue weighted by Crippen LogP contribution is 2.36. The zero-order valence-electron chi connectivity index (χ0n) is 14.4. The van der Waals surface area contributed by atoms with Gasteiger partial charge in [0.25, 0.3) is 0 Å². The van der Waals surface area contributed by atoms with Crippen LogP contribution < -0.4 is 15.1 Å². The van der Waals surface area contributed by atoms with Crippen molar-refractivity contribution >= 4 is 17.3 Å². The van der Waals surface area contributed by atoms with Gasteiger partial charge in [0.15, 0.2) is 0 Å². The van der Waals surface area contributed by atoms with Gasteiger partial charge in [-0.3, -0.25) is 9.48 Å². The first-order valence-electron chi connectivity index (χ1n) is 8.56. The SMILES string of the molecule is CN1CCN(C(=O)[C@H]2CNC[C@@H]2c2cnn(C)c2)c2ccc(F)cc21. The molecule has 2 atom stereocenters. The van der Waals surface area contributed by atoms with Crippen LogP contribution in [0, 0.1) is 11.7 Å². The van der Waals surface area contributed by atoms with Crippen molar-refractivity contribution in [3.8, 4) is 0 Å². The van der Waals surface area contributed by atoms with Gasteiger partial charge in [-0.05, 0) is 23.8 Å². The van der Waals surface area contributed by atoms with Crippen molar-refractivity contribution in [1.82, 2.24) is 15.1 Å². The van der Waals surface area contributed by atoms with Gasteiger partial charge in [-0.2, -0.15) is 5.10 Å². The number of aryl methyl sites for hydroxylation is 1. The maximum Gasteiger partial charge on any atom is 0.232 e. The lowest BCUT2D eigenvalue weighted by atomic mass is 9.89. The van der Waals surface area contributed by atoms with E-state index in [-0.39, 0.29) is 23.6 Å². The minimum atomic E-state index is -0.282. The summed E-state index contributed by atoms with van der Waals surface area (Å²) >= 11 is 0. The predicted molar refractivity (Wildman–Crippen MR) is 94.3 cm³/mol. The molecule has 2 aromatic rings. The number of halogens is 1. The van der Waals surface area contributed by atoms with E-state index in [0.717, 1.165) is 23.5 Å². The fraction of sp³-hybridized carbons (Fsp3) is 0.444. The Balaban J connectivity index is 1.64. The van der Waals surface area contributed by atoms with Crippen LogP contribution in [0.5, 0.6) is 0 Å². The van der Waals surface area contributed by atoms with E-state index < -0.39 is 0 Å². The van der Waals surface area contributed by atoms with Crippen LogP contribution in [-0.2, 0) is 11.8 Å². The van der Waals surface area contributed by atoms with Crippen LogP contribution in [0.25, 0.3) is 0 Å². The van der Waals surface area contributed by atoms with Gasteiger partial charge >= 0.3 is 0 Å². The maximum atomic E-state index is 13.6. The minimum Gasteiger partial charge on any atom is -0.371 e. The summed E-state index contributed by atoms with van der Waals surface area (Å²) in [5, 5.41) is 7.58. The van der Waals surface area contributed by atoms with Crippen molar-refractivity contribution in [2.75, 3.05) is 43.0 Å². The number of likely N-dealkylation sites (N-methyl/N-ethyl adjacent to an activating group) is 1. The molecule has 132 valence electrons. The van der Waals surface area contributed by atoms with Crippen LogP contribution in [0.3, 0.4) is 0 Å². The number of nitrogens with zero attached hydrogens (tertiary/aromatic N) is 4. The van der Waals surface area contributed by atoms with Crippen LogP contribution in [0.2, 0.25) is 0 Å². The molecule has 0 saturated carbocycles. The molecule has 1 aromatic heterocycles. The second-order valence-corrected chi connectivity index (χ2v) is 6.86. The molecule has 0 aliphatic carbocycles. The summed E-state index contributed by atoms with van der Waals surface area (Å²) < 4.78 is 15.4. The Morgan fingerprint density at radius 1 is 1.24 bits per heavy atom. The van der Waals surface area contributed by atoms with Crippen molar-refractivity contribution in [2.45, 2.75) is 5.92 Å². The first-order valence-corrected chi connectivity index (χ1v) is 8.56. The molecule has 7 heteroatoms. The Kier molecular flexibility index (Phi) is 3.95. The third-order valence-corrected chi connectivity index (χ3v) is 5.25. The Morgan fingerprint density at radius 3 is 2.84 bits per heavy atom. The zero-order chi connectivity index (χ0) is 17.6. The Morgan fingerprint density at radius 2 is 2.08 bits per heavy atom. The zero-order valence-corrected chi connectivity index (χ0v) is 14.4. The molecule has 0 unspecified atom stereocenters. The van der Waals surface area contributed by atoms with Gasteiger partial charge in [-0.25, -0.2) is 4.39 Å². The van der Waals surface area contributed by atoms with E-state index in [1.807, 2.05) is 36.3 Å². The van der Waals surface area contributed by atoms with Crippen LogP contribution in [-0.4, -0.2) is 48.9 Å². The Bertz CT molecular complexity index is 805. The van der Waals surface area contributed by atoms with E-state index in [9.17, 15) is 9.18 Å². The van der Waals surface area contributed by atoms with Gasteiger partial charge in [0.1, 0.15) is 5.82 Å². The number of aromatic nitrogens is 2. The average Bonchev–Trinajstić information content (AvgIpc) is 3.23. The van der Waals surface area contributed by atoms with Gasteiger partial charge in [-0.1, -0.05) is 0 Å². The summed E-state index contributed by atoms with van der Waals surface area (Å²) in [7, 11) is 3.81. The highest BCUT2D eigenvalue weighted by molar-refractivity contribution is 6.00. The molecule has 1 N–H and O–H groups in total. The number of carbonyl (C=O) groups excluding carboxylic acids is 1. The summed E-state index contributed by atoms with van der Waals surface area (Å²) in [6, 6.07) is 4.63. The molecule has 1 saturated heterocycles. The lowest BCUT2D eigenvalue weighted by Crippen LogP contribution is -2.46. The summed E-state index contributed by atoms with van der Waals surface area (Å²) in [4.78, 5) is 17.1. The highest BCUT2D eigenvalue weighted by Gasteiger charge is 2.39. The molecule has 1 amide bonds. The fourth-order valence-electron chi connectivity index (χ4n) is 3.87. The predicted octanol–water partition coefficient (Wildman–Crippen LogP) is 1.35. The molecule has 3 heterocycles. The summed E-state index contributed by atoms with van der Waals surface area (Å²) in [5.74, 6) is -0.203. The Hall–Kier alpha value is -2.41. The van der Waals surface area contributed by atoms with E-state index >= 15 is 0 Å². The third kappa shape index (κ3) is 2.78. The van der Waals surface area contributed by atoms with Gasteiger partial charge < -0.3 is 15.1 Å². The quantitative estimate of drug-likeness (QED) is 0.894. The summed E-state index contributed by atoms with van der Waals surface area (Å²) in [6.45, 7) is 2.73. The van der Waals surface area contributed by atoms with Crippen LogP contribution in [0.4, 0.5) is 15.8 Å². The van der Waals surface area contributed by atoms with Crippen molar-refractivity contribution in [2.24, 2.45) is 13.0 Å². The van der Waals surface area contributed by atoms with Crippen LogP contribution >= 0.6 is 0 Å². The largest absolute Gasteiger partial charge is 0.371 e. The number of rotatable bonds is 2. The first kappa shape index (κ1) is 16.1. The van der Waals surface area contributed by atoms with Crippen molar-refractivity contribution < 1.29 is 9.18 Å². The van der Waals surface area contributed by atoms with E-state index in [1.165, 1.54) is 12.1 Å². The number of carbonyl (C=O) groups is 1. The smallest absolute Gasteiger partial charge is 0.232 e. The van der Waals surface area contributed by atoms with Crippen LogP contribution in [0.15, 0.2) is 30.6 Å². The lowest BCUT2D eigenvalue weighted by molar-refractivity contribution is -0.122. The third-order valence-electron chi connectivity index (χ3n) is 5.25. The normalized spacial score (nSPS) is 23.0. The first-order chi connectivity index (χ1) is 12.0. The molecule has 2 aliphatic rings. The Labute approximate surface area is 146 Å². The summed E-state index contributed by atoms with van der Waals surface area (Å²) in [5.41, 5.74) is 2.64. The van der Waals surface area contributed by atoms with Gasteiger partial charge in [-0.15, -0.1) is 0 Å². The molecular formula is C18H22FN5O. The molecule has 2 aliphatic heterocycles. The van der Waals surface area contributed by atoms with E-state index in [0.29, 0.717) is 19.6 Å². The molecule has 6 nitrogen and oxygen atoms in total. The number of hydrogen-bond donors (Lipinski definition) is 1. The molecule has 4 rings (SSSR count). The monoisotopic (exact) mass is 343 g/mol. The van der Waals surface area contributed by atoms with Gasteiger partial charge in [0.2, 0.25) is 5.91 Å². The van der Waals surface area contributed by atoms with Crippen LogP contribution in [0.1, 0.15) is 11.5 Å². The van der Waals surface area contributed by atoms with Crippen molar-refractivity contribution in [1.29, 1.82) is 0 Å².